The monoisotopic (exact) mass is 387 g/mol. The first-order valence-electron chi connectivity index (χ1n) is 13.0. The summed E-state index contributed by atoms with van der Waals surface area (Å²) >= 11 is 0. The molecular weight excluding hydrogens is 338 g/mol. The minimum Gasteiger partial charge on any atom is -0.300 e. The maximum absolute atomic E-state index is 2.90. The van der Waals surface area contributed by atoms with E-state index < -0.39 is 0 Å². The van der Waals surface area contributed by atoms with E-state index in [1.54, 1.807) is 6.42 Å². The Labute approximate surface area is 176 Å². The molecule has 4 aliphatic rings. The summed E-state index contributed by atoms with van der Waals surface area (Å²) in [6.07, 6.45) is 17.9. The molecular formula is C27H49N. The summed E-state index contributed by atoms with van der Waals surface area (Å²) in [7, 11) is 2.51. The van der Waals surface area contributed by atoms with Crippen LogP contribution in [0.15, 0.2) is 0 Å². The Hall–Kier alpha value is -0.0400. The van der Waals surface area contributed by atoms with Gasteiger partial charge in [0.2, 0.25) is 0 Å². The predicted octanol–water partition coefficient (Wildman–Crippen LogP) is 7.54. The summed E-state index contributed by atoms with van der Waals surface area (Å²) in [6.45, 7) is 12.7. The Balaban J connectivity index is 1.44. The van der Waals surface area contributed by atoms with Crippen molar-refractivity contribution in [3.8, 4) is 0 Å². The third-order valence-corrected chi connectivity index (χ3v) is 10.7. The van der Waals surface area contributed by atoms with Gasteiger partial charge in [0.1, 0.15) is 0 Å². The van der Waals surface area contributed by atoms with Crippen molar-refractivity contribution in [2.45, 2.75) is 124 Å². The molecule has 8 atom stereocenters. The van der Waals surface area contributed by atoms with E-state index in [0.717, 1.165) is 41.7 Å². The van der Waals surface area contributed by atoms with E-state index in [-0.39, 0.29) is 0 Å². The molecule has 0 radical (unpaired) electrons. The van der Waals surface area contributed by atoms with Crippen LogP contribution >= 0.6 is 0 Å². The van der Waals surface area contributed by atoms with Crippen molar-refractivity contribution in [1.29, 1.82) is 0 Å². The number of piperidine rings is 1. The van der Waals surface area contributed by atoms with Crippen molar-refractivity contribution in [1.82, 2.24) is 4.90 Å². The fourth-order valence-electron chi connectivity index (χ4n) is 9.07. The zero-order valence-electron chi connectivity index (χ0n) is 20.0. The third kappa shape index (κ3) is 3.50. The highest BCUT2D eigenvalue weighted by Gasteiger charge is 2.59. The standard InChI is InChI=1S/C27H49N/c1-19(2)9-7-10-20(3)24-15-18-27(5)23-14-17-26(4)16-8-11-22(26)21(23)12-13-25(27)28(24)6/h19-25H,7-18H2,1-6H3/t20-,21+,22+,23+,24?,25-,26-,27-/m1/s1. The topological polar surface area (TPSA) is 3.24 Å². The molecule has 4 fully saturated rings. The van der Waals surface area contributed by atoms with Crippen LogP contribution in [0.2, 0.25) is 0 Å². The van der Waals surface area contributed by atoms with Crippen LogP contribution in [0.5, 0.6) is 0 Å². The molecule has 4 rings (SSSR count). The molecule has 0 amide bonds. The average molecular weight is 388 g/mol. The van der Waals surface area contributed by atoms with Gasteiger partial charge in [0, 0.05) is 12.1 Å². The number of hydrogen-bond acceptors (Lipinski definition) is 1. The van der Waals surface area contributed by atoms with Gasteiger partial charge >= 0.3 is 0 Å². The van der Waals surface area contributed by atoms with Crippen LogP contribution in [0.1, 0.15) is 112 Å². The molecule has 1 unspecified atom stereocenters. The number of nitrogens with zero attached hydrogens (tertiary/aromatic N) is 1. The normalized spacial score (nSPS) is 47.5. The molecule has 0 aromatic carbocycles. The van der Waals surface area contributed by atoms with Gasteiger partial charge in [-0.1, -0.05) is 53.9 Å². The van der Waals surface area contributed by atoms with E-state index in [0.29, 0.717) is 10.8 Å². The van der Waals surface area contributed by atoms with Crippen molar-refractivity contribution in [2.75, 3.05) is 7.05 Å². The second kappa shape index (κ2) is 7.90. The number of fused-ring (bicyclic) bond motifs is 5. The zero-order chi connectivity index (χ0) is 20.1. The minimum absolute atomic E-state index is 0.593. The van der Waals surface area contributed by atoms with Crippen LogP contribution in [-0.2, 0) is 0 Å². The molecule has 0 aromatic rings. The Morgan fingerprint density at radius 1 is 0.857 bits per heavy atom. The molecule has 28 heavy (non-hydrogen) atoms. The maximum Gasteiger partial charge on any atom is 0.0152 e. The molecule has 0 bridgehead atoms. The van der Waals surface area contributed by atoms with Gasteiger partial charge in [-0.25, -0.2) is 0 Å². The molecule has 1 heteroatoms. The van der Waals surface area contributed by atoms with Gasteiger partial charge in [-0.05, 0) is 105 Å². The molecule has 162 valence electrons. The van der Waals surface area contributed by atoms with E-state index in [4.69, 9.17) is 0 Å². The van der Waals surface area contributed by atoms with Gasteiger partial charge in [0.05, 0.1) is 0 Å². The summed E-state index contributed by atoms with van der Waals surface area (Å²) in [5.74, 6) is 4.86. The number of rotatable bonds is 5. The van der Waals surface area contributed by atoms with Gasteiger partial charge in [0.15, 0.2) is 0 Å². The van der Waals surface area contributed by atoms with Gasteiger partial charge in [-0.15, -0.1) is 0 Å². The molecule has 1 nitrogen and oxygen atoms in total. The zero-order valence-corrected chi connectivity index (χ0v) is 20.0. The highest BCUT2D eigenvalue weighted by atomic mass is 15.2. The second-order valence-corrected chi connectivity index (χ2v) is 12.6. The highest BCUT2D eigenvalue weighted by Crippen LogP contribution is 2.65. The lowest BCUT2D eigenvalue weighted by Crippen LogP contribution is -2.62. The second-order valence-electron chi connectivity index (χ2n) is 12.6. The molecule has 0 N–H and O–H groups in total. The summed E-state index contributed by atoms with van der Waals surface area (Å²) in [5, 5.41) is 0. The van der Waals surface area contributed by atoms with E-state index >= 15 is 0 Å². The minimum atomic E-state index is 0.593. The van der Waals surface area contributed by atoms with Crippen molar-refractivity contribution in [3.05, 3.63) is 0 Å². The molecule has 0 spiro atoms. The molecule has 3 aliphatic carbocycles. The summed E-state index contributed by atoms with van der Waals surface area (Å²) < 4.78 is 0. The maximum atomic E-state index is 2.90. The fourth-order valence-corrected chi connectivity index (χ4v) is 9.07. The molecule has 3 saturated carbocycles. The Morgan fingerprint density at radius 2 is 1.64 bits per heavy atom. The first kappa shape index (κ1) is 21.2. The Bertz CT molecular complexity index is 540. The van der Waals surface area contributed by atoms with E-state index in [9.17, 15) is 0 Å². The highest BCUT2D eigenvalue weighted by molar-refractivity contribution is 5.10. The van der Waals surface area contributed by atoms with Crippen LogP contribution in [0.25, 0.3) is 0 Å². The third-order valence-electron chi connectivity index (χ3n) is 10.7. The van der Waals surface area contributed by atoms with Crippen molar-refractivity contribution >= 4 is 0 Å². The van der Waals surface area contributed by atoms with Gasteiger partial charge in [-0.3, -0.25) is 4.90 Å². The van der Waals surface area contributed by atoms with Crippen molar-refractivity contribution in [2.24, 2.45) is 40.4 Å². The summed E-state index contributed by atoms with van der Waals surface area (Å²) in [4.78, 5) is 2.90. The van der Waals surface area contributed by atoms with Crippen LogP contribution in [0, 0.1) is 40.4 Å². The number of hydrogen-bond donors (Lipinski definition) is 0. The van der Waals surface area contributed by atoms with Crippen molar-refractivity contribution in [3.63, 3.8) is 0 Å². The smallest absolute Gasteiger partial charge is 0.0152 e. The number of likely N-dealkylation sites (tertiary alicyclic amines) is 1. The van der Waals surface area contributed by atoms with Gasteiger partial charge in [-0.2, -0.15) is 0 Å². The first-order valence-corrected chi connectivity index (χ1v) is 13.0. The lowest BCUT2D eigenvalue weighted by Gasteiger charge is -2.63. The van der Waals surface area contributed by atoms with Crippen LogP contribution in [0.3, 0.4) is 0 Å². The van der Waals surface area contributed by atoms with Crippen LogP contribution in [-0.4, -0.2) is 24.0 Å². The lowest BCUT2D eigenvalue weighted by atomic mass is 9.47. The van der Waals surface area contributed by atoms with Gasteiger partial charge < -0.3 is 0 Å². The van der Waals surface area contributed by atoms with Gasteiger partial charge in [0.25, 0.3) is 0 Å². The summed E-state index contributed by atoms with van der Waals surface area (Å²) in [5.41, 5.74) is 1.30. The SMILES string of the molecule is CC(C)CCC[C@@H](C)C1CC[C@]2(C)[C@H]3CC[C@@]4(C)CCC[C@H]4[C@@H]3CC[C@H]2N1C. The lowest BCUT2D eigenvalue weighted by molar-refractivity contribution is -0.135. The van der Waals surface area contributed by atoms with E-state index in [1.807, 2.05) is 0 Å². The van der Waals surface area contributed by atoms with E-state index in [1.165, 1.54) is 70.6 Å². The van der Waals surface area contributed by atoms with Crippen LogP contribution in [0.4, 0.5) is 0 Å². The van der Waals surface area contributed by atoms with Crippen molar-refractivity contribution < 1.29 is 0 Å². The molecule has 0 aromatic heterocycles. The molecule has 1 heterocycles. The molecule has 1 saturated heterocycles. The van der Waals surface area contributed by atoms with Crippen LogP contribution < -0.4 is 0 Å². The Kier molecular flexibility index (Phi) is 5.98. The first-order chi connectivity index (χ1) is 13.3. The largest absolute Gasteiger partial charge is 0.300 e. The fraction of sp³-hybridized carbons (Fsp3) is 1.00. The molecule has 1 aliphatic heterocycles. The quantitative estimate of drug-likeness (QED) is 0.471. The predicted molar refractivity (Wildman–Crippen MR) is 121 cm³/mol. The average Bonchev–Trinajstić information content (AvgIpc) is 3.03. The Morgan fingerprint density at radius 3 is 2.39 bits per heavy atom. The summed E-state index contributed by atoms with van der Waals surface area (Å²) in [6, 6.07) is 1.69. The van der Waals surface area contributed by atoms with E-state index in [2.05, 4.69) is 46.6 Å².